The molecule has 1 aliphatic rings. The molecule has 0 bridgehead atoms. The van der Waals surface area contributed by atoms with Crippen LogP contribution in [0.4, 0.5) is 5.69 Å². The first kappa shape index (κ1) is 25.1. The van der Waals surface area contributed by atoms with Crippen LogP contribution in [0.15, 0.2) is 70.3 Å². The van der Waals surface area contributed by atoms with Crippen LogP contribution in [0.3, 0.4) is 0 Å². The topological polar surface area (TPSA) is 111 Å². The van der Waals surface area contributed by atoms with Gasteiger partial charge in [-0.05, 0) is 37.1 Å². The number of hydrogen-bond donors (Lipinski definition) is 2. The predicted molar refractivity (Wildman–Crippen MR) is 139 cm³/mol. The molecule has 3 N–H and O–H groups in total. The number of nitrogens with zero attached hydrogens (tertiary/aromatic N) is 3. The molecular weight excluding hydrogens is 446 g/mol. The van der Waals surface area contributed by atoms with Crippen LogP contribution in [0.1, 0.15) is 25.0 Å². The summed E-state index contributed by atoms with van der Waals surface area (Å²) in [4.78, 5) is 20.2. The number of hydrazine groups is 1. The Balaban J connectivity index is 1.98. The minimum Gasteiger partial charge on any atom is -0.493 e. The molecule has 0 radical (unpaired) electrons. The van der Waals surface area contributed by atoms with E-state index in [-0.39, 0.29) is 0 Å². The molecule has 2 aromatic rings. The number of rotatable bonds is 8. The van der Waals surface area contributed by atoms with Crippen molar-refractivity contribution in [2.24, 2.45) is 15.7 Å². The van der Waals surface area contributed by atoms with Crippen molar-refractivity contribution >= 4 is 35.5 Å². The number of hydrogen-bond acceptors (Lipinski definition) is 6. The molecule has 9 heteroatoms. The summed E-state index contributed by atoms with van der Waals surface area (Å²) in [7, 11) is 4.64. The molecule has 0 spiro atoms. The summed E-state index contributed by atoms with van der Waals surface area (Å²) in [5.41, 5.74) is 13.2. The molecule has 9 nitrogen and oxygen atoms in total. The largest absolute Gasteiger partial charge is 0.493 e. The normalized spacial score (nSPS) is 14.1. The quantitative estimate of drug-likeness (QED) is 0.557. The maximum atomic E-state index is 11.1. The monoisotopic (exact) mass is 475 g/mol. The molecule has 1 aliphatic heterocycles. The van der Waals surface area contributed by atoms with Crippen molar-refractivity contribution in [3.8, 4) is 17.2 Å². The summed E-state index contributed by atoms with van der Waals surface area (Å²) in [6.07, 6.45) is 4.70. The van der Waals surface area contributed by atoms with Crippen LogP contribution in [-0.4, -0.2) is 44.4 Å². The van der Waals surface area contributed by atoms with Crippen molar-refractivity contribution in [3.63, 3.8) is 0 Å². The van der Waals surface area contributed by atoms with Crippen LogP contribution in [0, 0.1) is 0 Å². The van der Waals surface area contributed by atoms with Gasteiger partial charge in [0.05, 0.1) is 44.6 Å². The Kier molecular flexibility index (Phi) is 7.93. The van der Waals surface area contributed by atoms with Crippen molar-refractivity contribution in [1.29, 1.82) is 0 Å². The first-order valence-corrected chi connectivity index (χ1v) is 10.7. The number of nitrogens with one attached hydrogen (secondary N) is 1. The van der Waals surface area contributed by atoms with Crippen LogP contribution in [0.25, 0.3) is 11.8 Å². The number of amides is 1. The molecule has 1 amide bonds. The fourth-order valence-electron chi connectivity index (χ4n) is 3.37. The SMILES string of the molecule is C=C(c1cccc(/C=C/C(N)=O)c1)N1NC(=Nc2cc(OC)c(OC)c(OC)c2)N=CC1=C(C)C. The van der Waals surface area contributed by atoms with Gasteiger partial charge in [-0.1, -0.05) is 24.8 Å². The Morgan fingerprint density at radius 3 is 2.37 bits per heavy atom. The second kappa shape index (κ2) is 11.1. The molecule has 0 aliphatic carbocycles. The van der Waals surface area contributed by atoms with Gasteiger partial charge in [0.25, 0.3) is 0 Å². The van der Waals surface area contributed by atoms with Crippen LogP contribution in [0.2, 0.25) is 0 Å². The van der Waals surface area contributed by atoms with Crippen molar-refractivity contribution in [2.75, 3.05) is 21.3 Å². The van der Waals surface area contributed by atoms with Crippen molar-refractivity contribution in [3.05, 3.63) is 71.5 Å². The molecule has 0 unspecified atom stereocenters. The number of nitrogens with two attached hydrogens (primary N) is 1. The highest BCUT2D eigenvalue weighted by atomic mass is 16.5. The van der Waals surface area contributed by atoms with E-state index in [2.05, 4.69) is 22.0 Å². The van der Waals surface area contributed by atoms with E-state index in [0.29, 0.717) is 34.6 Å². The maximum Gasteiger partial charge on any atom is 0.242 e. The lowest BCUT2D eigenvalue weighted by molar-refractivity contribution is -0.113. The smallest absolute Gasteiger partial charge is 0.242 e. The number of aliphatic imine (C=N–C) groups is 2. The Labute approximate surface area is 204 Å². The van der Waals surface area contributed by atoms with Gasteiger partial charge in [0, 0.05) is 23.8 Å². The Hall–Kier alpha value is -4.53. The average molecular weight is 476 g/mol. The summed E-state index contributed by atoms with van der Waals surface area (Å²) >= 11 is 0. The van der Waals surface area contributed by atoms with Gasteiger partial charge in [-0.3, -0.25) is 15.2 Å². The zero-order chi connectivity index (χ0) is 25.5. The minimum atomic E-state index is -0.511. The van der Waals surface area contributed by atoms with Crippen molar-refractivity contribution < 1.29 is 19.0 Å². The molecule has 0 saturated heterocycles. The number of carbonyl (C=O) groups is 1. The first-order chi connectivity index (χ1) is 16.8. The molecule has 182 valence electrons. The summed E-state index contributed by atoms with van der Waals surface area (Å²) in [6, 6.07) is 11.1. The van der Waals surface area contributed by atoms with Crippen LogP contribution in [0.5, 0.6) is 17.2 Å². The van der Waals surface area contributed by atoms with E-state index in [0.717, 1.165) is 22.4 Å². The van der Waals surface area contributed by atoms with Gasteiger partial charge < -0.3 is 19.9 Å². The Morgan fingerprint density at radius 2 is 1.80 bits per heavy atom. The molecule has 0 aromatic heterocycles. The number of primary amides is 1. The van der Waals surface area contributed by atoms with Crippen LogP contribution < -0.4 is 25.4 Å². The molecule has 1 heterocycles. The van der Waals surface area contributed by atoms with Gasteiger partial charge in [-0.15, -0.1) is 0 Å². The molecular formula is C26H29N5O4. The van der Waals surface area contributed by atoms with E-state index in [9.17, 15) is 4.79 Å². The second-order valence-electron chi connectivity index (χ2n) is 7.72. The summed E-state index contributed by atoms with van der Waals surface area (Å²) < 4.78 is 16.2. The number of methoxy groups -OCH3 is 3. The molecule has 0 saturated carbocycles. The van der Waals surface area contributed by atoms with Gasteiger partial charge in [0.1, 0.15) is 0 Å². The third-order valence-corrected chi connectivity index (χ3v) is 5.09. The van der Waals surface area contributed by atoms with Crippen molar-refractivity contribution in [1.82, 2.24) is 10.4 Å². The Morgan fingerprint density at radius 1 is 1.11 bits per heavy atom. The van der Waals surface area contributed by atoms with Gasteiger partial charge in [0.2, 0.25) is 17.6 Å². The number of ether oxygens (including phenoxy) is 3. The summed E-state index contributed by atoms with van der Waals surface area (Å²) in [5.74, 6) is 1.28. The van der Waals surface area contributed by atoms with E-state index in [1.807, 2.05) is 43.1 Å². The third kappa shape index (κ3) is 5.89. The van der Waals surface area contributed by atoms with E-state index in [1.54, 1.807) is 45.8 Å². The van der Waals surface area contributed by atoms with Gasteiger partial charge in [-0.25, -0.2) is 9.98 Å². The first-order valence-electron chi connectivity index (χ1n) is 10.7. The maximum absolute atomic E-state index is 11.1. The highest BCUT2D eigenvalue weighted by Crippen LogP contribution is 2.41. The van der Waals surface area contributed by atoms with Gasteiger partial charge in [0.15, 0.2) is 11.5 Å². The van der Waals surface area contributed by atoms with Gasteiger partial charge in [-0.2, -0.15) is 0 Å². The molecule has 35 heavy (non-hydrogen) atoms. The van der Waals surface area contributed by atoms with E-state index in [4.69, 9.17) is 19.9 Å². The number of guanidine groups is 1. The lowest BCUT2D eigenvalue weighted by atomic mass is 10.1. The van der Waals surface area contributed by atoms with Crippen LogP contribution in [-0.2, 0) is 4.79 Å². The highest BCUT2D eigenvalue weighted by molar-refractivity contribution is 5.99. The number of benzene rings is 2. The Bertz CT molecular complexity index is 1230. The molecule has 0 atom stereocenters. The predicted octanol–water partition coefficient (Wildman–Crippen LogP) is 4.05. The molecule has 2 aromatic carbocycles. The lowest BCUT2D eigenvalue weighted by Gasteiger charge is -2.32. The number of allylic oxidation sites excluding steroid dienone is 2. The standard InChI is InChI=1S/C26H29N5O4/c1-16(2)21-15-28-26(29-20-13-22(33-4)25(35-6)23(14-20)34-5)30-31(21)17(3)19-9-7-8-18(12-19)10-11-24(27)32/h7-15H,3H2,1-2,4-6H3,(H2,27,32)(H,29,30)/b11-10+. The third-order valence-electron chi connectivity index (χ3n) is 5.09. The summed E-state index contributed by atoms with van der Waals surface area (Å²) in [5, 5.41) is 1.82. The van der Waals surface area contributed by atoms with E-state index in [1.165, 1.54) is 6.08 Å². The van der Waals surface area contributed by atoms with Crippen molar-refractivity contribution in [2.45, 2.75) is 13.8 Å². The minimum absolute atomic E-state index is 0.343. The second-order valence-corrected chi connectivity index (χ2v) is 7.72. The van der Waals surface area contributed by atoms with Crippen LogP contribution >= 0.6 is 0 Å². The zero-order valence-electron chi connectivity index (χ0n) is 20.5. The van der Waals surface area contributed by atoms with Gasteiger partial charge >= 0.3 is 0 Å². The molecule has 0 fully saturated rings. The highest BCUT2D eigenvalue weighted by Gasteiger charge is 2.21. The molecule has 3 rings (SSSR count). The van der Waals surface area contributed by atoms with E-state index < -0.39 is 5.91 Å². The lowest BCUT2D eigenvalue weighted by Crippen LogP contribution is -2.43. The fourth-order valence-corrected chi connectivity index (χ4v) is 3.37. The summed E-state index contributed by atoms with van der Waals surface area (Å²) in [6.45, 7) is 8.24. The van der Waals surface area contributed by atoms with E-state index >= 15 is 0 Å². The average Bonchev–Trinajstić information content (AvgIpc) is 2.86. The zero-order valence-corrected chi connectivity index (χ0v) is 20.5. The number of carbonyl (C=O) groups excluding carboxylic acids is 1. The fraction of sp³-hybridized carbons (Fsp3) is 0.192.